The van der Waals surface area contributed by atoms with E-state index in [4.69, 9.17) is 23.2 Å². The van der Waals surface area contributed by atoms with Crippen LogP contribution in [0.4, 0.5) is 0 Å². The van der Waals surface area contributed by atoms with Crippen LogP contribution in [0.1, 0.15) is 20.7 Å². The molecule has 0 heterocycles. The van der Waals surface area contributed by atoms with Gasteiger partial charge in [-0.05, 0) is 29.3 Å². The summed E-state index contributed by atoms with van der Waals surface area (Å²) in [6.07, 6.45) is 0. The van der Waals surface area contributed by atoms with Crippen LogP contribution < -0.4 is 0 Å². The second kappa shape index (κ2) is 6.16. The lowest BCUT2D eigenvalue weighted by Crippen LogP contribution is -2.04. The number of carboxylic acids is 1. The molecule has 108 valence electrons. The molecule has 0 aliphatic rings. The summed E-state index contributed by atoms with van der Waals surface area (Å²) in [5, 5.41) is 9.63. The van der Waals surface area contributed by atoms with Crippen LogP contribution in [-0.4, -0.2) is 24.2 Å². The van der Waals surface area contributed by atoms with Crippen molar-refractivity contribution < 1.29 is 19.4 Å². The monoisotopic (exact) mass is 324 g/mol. The minimum absolute atomic E-state index is 0.0303. The molecule has 0 aliphatic carbocycles. The van der Waals surface area contributed by atoms with Gasteiger partial charge < -0.3 is 9.84 Å². The zero-order valence-electron chi connectivity index (χ0n) is 10.9. The Bertz CT molecular complexity index is 726. The van der Waals surface area contributed by atoms with Crippen molar-refractivity contribution in [1.29, 1.82) is 0 Å². The van der Waals surface area contributed by atoms with Gasteiger partial charge in [-0.2, -0.15) is 0 Å². The van der Waals surface area contributed by atoms with Gasteiger partial charge in [-0.1, -0.05) is 41.4 Å². The zero-order chi connectivity index (χ0) is 15.6. The molecule has 2 aromatic carbocycles. The summed E-state index contributed by atoms with van der Waals surface area (Å²) < 4.78 is 4.64. The summed E-state index contributed by atoms with van der Waals surface area (Å²) in [6, 6.07) is 9.34. The van der Waals surface area contributed by atoms with Gasteiger partial charge >= 0.3 is 11.9 Å². The SMILES string of the molecule is COC(=O)c1cc(-c2cccc(Cl)c2C(=O)O)ccc1Cl. The molecule has 2 rings (SSSR count). The summed E-state index contributed by atoms with van der Waals surface area (Å²) in [6.45, 7) is 0. The van der Waals surface area contributed by atoms with Crippen molar-refractivity contribution in [3.8, 4) is 11.1 Å². The summed E-state index contributed by atoms with van der Waals surface area (Å²) in [7, 11) is 1.24. The molecule has 0 bridgehead atoms. The third-order valence-corrected chi connectivity index (χ3v) is 3.55. The number of methoxy groups -OCH3 is 1. The Morgan fingerprint density at radius 1 is 1.10 bits per heavy atom. The molecule has 1 N–H and O–H groups in total. The molecule has 0 fully saturated rings. The lowest BCUT2D eigenvalue weighted by Gasteiger charge is -2.10. The molecule has 0 saturated heterocycles. The van der Waals surface area contributed by atoms with Crippen molar-refractivity contribution in [3.05, 3.63) is 57.6 Å². The minimum Gasteiger partial charge on any atom is -0.478 e. The Morgan fingerprint density at radius 3 is 2.43 bits per heavy atom. The molecular formula is C15H10Cl2O4. The summed E-state index contributed by atoms with van der Waals surface area (Å²) >= 11 is 11.9. The van der Waals surface area contributed by atoms with Crippen LogP contribution in [0.2, 0.25) is 10.0 Å². The van der Waals surface area contributed by atoms with Crippen LogP contribution in [0.15, 0.2) is 36.4 Å². The molecule has 0 atom stereocenters. The number of carboxylic acid groups (broad SMARTS) is 1. The third kappa shape index (κ3) is 3.01. The van der Waals surface area contributed by atoms with E-state index in [0.717, 1.165) is 0 Å². The van der Waals surface area contributed by atoms with E-state index in [2.05, 4.69) is 4.74 Å². The van der Waals surface area contributed by atoms with Gasteiger partial charge in [-0.3, -0.25) is 0 Å². The van der Waals surface area contributed by atoms with E-state index >= 15 is 0 Å². The predicted octanol–water partition coefficient (Wildman–Crippen LogP) is 4.15. The molecule has 6 heteroatoms. The Balaban J connectivity index is 2.66. The van der Waals surface area contributed by atoms with E-state index in [1.54, 1.807) is 18.2 Å². The Hall–Kier alpha value is -2.04. The predicted molar refractivity (Wildman–Crippen MR) is 80.2 cm³/mol. The number of hydrogen-bond donors (Lipinski definition) is 1. The van der Waals surface area contributed by atoms with Gasteiger partial charge in [-0.15, -0.1) is 0 Å². The second-order valence-corrected chi connectivity index (χ2v) is 4.97. The average Bonchev–Trinajstić information content (AvgIpc) is 2.46. The lowest BCUT2D eigenvalue weighted by atomic mass is 9.98. The first-order valence-electron chi connectivity index (χ1n) is 5.85. The van der Waals surface area contributed by atoms with Gasteiger partial charge in [0.25, 0.3) is 0 Å². The number of aromatic carboxylic acids is 1. The maximum Gasteiger partial charge on any atom is 0.339 e. The van der Waals surface area contributed by atoms with Crippen molar-refractivity contribution in [2.45, 2.75) is 0 Å². The van der Waals surface area contributed by atoms with E-state index in [9.17, 15) is 14.7 Å². The minimum atomic E-state index is -1.15. The first-order chi connectivity index (χ1) is 9.95. The van der Waals surface area contributed by atoms with Gasteiger partial charge in [0.15, 0.2) is 0 Å². The van der Waals surface area contributed by atoms with Gasteiger partial charge in [0, 0.05) is 0 Å². The summed E-state index contributed by atoms with van der Waals surface area (Å²) in [5.74, 6) is -1.74. The van der Waals surface area contributed by atoms with Gasteiger partial charge in [-0.25, -0.2) is 9.59 Å². The van der Waals surface area contributed by atoms with Crippen LogP contribution in [0.25, 0.3) is 11.1 Å². The van der Waals surface area contributed by atoms with E-state index in [0.29, 0.717) is 11.1 Å². The van der Waals surface area contributed by atoms with E-state index < -0.39 is 11.9 Å². The van der Waals surface area contributed by atoms with Gasteiger partial charge in [0.2, 0.25) is 0 Å². The fraction of sp³-hybridized carbons (Fsp3) is 0.0667. The van der Waals surface area contributed by atoms with Crippen LogP contribution in [-0.2, 0) is 4.74 Å². The molecular weight excluding hydrogens is 315 g/mol. The molecule has 0 aromatic heterocycles. The molecule has 0 amide bonds. The first kappa shape index (κ1) is 15.4. The topological polar surface area (TPSA) is 63.6 Å². The zero-order valence-corrected chi connectivity index (χ0v) is 12.4. The molecule has 0 aliphatic heterocycles. The van der Waals surface area contributed by atoms with E-state index in [-0.39, 0.29) is 21.2 Å². The highest BCUT2D eigenvalue weighted by Gasteiger charge is 2.18. The number of hydrogen-bond acceptors (Lipinski definition) is 3. The number of benzene rings is 2. The van der Waals surface area contributed by atoms with E-state index in [1.807, 2.05) is 0 Å². The first-order valence-corrected chi connectivity index (χ1v) is 6.61. The summed E-state index contributed by atoms with van der Waals surface area (Å²) in [5.41, 5.74) is 1.04. The van der Waals surface area contributed by atoms with E-state index in [1.165, 1.54) is 25.3 Å². The summed E-state index contributed by atoms with van der Waals surface area (Å²) in [4.78, 5) is 23.0. The van der Waals surface area contributed by atoms with Crippen LogP contribution in [0.3, 0.4) is 0 Å². The van der Waals surface area contributed by atoms with Crippen molar-refractivity contribution >= 4 is 35.1 Å². The van der Waals surface area contributed by atoms with Crippen molar-refractivity contribution in [3.63, 3.8) is 0 Å². The average molecular weight is 325 g/mol. The van der Waals surface area contributed by atoms with Crippen molar-refractivity contribution in [2.75, 3.05) is 7.11 Å². The number of carbonyl (C=O) groups excluding carboxylic acids is 1. The van der Waals surface area contributed by atoms with Crippen molar-refractivity contribution in [2.24, 2.45) is 0 Å². The lowest BCUT2D eigenvalue weighted by molar-refractivity contribution is 0.0600. The number of ether oxygens (including phenoxy) is 1. The Labute approximate surface area is 130 Å². The van der Waals surface area contributed by atoms with Crippen LogP contribution in [0.5, 0.6) is 0 Å². The number of halogens is 2. The largest absolute Gasteiger partial charge is 0.478 e. The Morgan fingerprint density at radius 2 is 1.81 bits per heavy atom. The number of esters is 1. The molecule has 0 unspecified atom stereocenters. The second-order valence-electron chi connectivity index (χ2n) is 4.15. The highest BCUT2D eigenvalue weighted by molar-refractivity contribution is 6.34. The van der Waals surface area contributed by atoms with Gasteiger partial charge in [0.1, 0.15) is 0 Å². The normalized spacial score (nSPS) is 10.2. The molecule has 0 spiro atoms. The maximum atomic E-state index is 11.7. The fourth-order valence-corrected chi connectivity index (χ4v) is 2.39. The highest BCUT2D eigenvalue weighted by Crippen LogP contribution is 2.31. The molecule has 2 aromatic rings. The third-order valence-electron chi connectivity index (χ3n) is 2.91. The number of carbonyl (C=O) groups is 2. The molecule has 21 heavy (non-hydrogen) atoms. The van der Waals surface area contributed by atoms with Crippen molar-refractivity contribution in [1.82, 2.24) is 0 Å². The van der Waals surface area contributed by atoms with Gasteiger partial charge in [0.05, 0.1) is 28.3 Å². The van der Waals surface area contributed by atoms with Crippen LogP contribution in [0, 0.1) is 0 Å². The van der Waals surface area contributed by atoms with Crippen LogP contribution >= 0.6 is 23.2 Å². The maximum absolute atomic E-state index is 11.7. The molecule has 4 nitrogen and oxygen atoms in total. The smallest absolute Gasteiger partial charge is 0.339 e. The fourth-order valence-electron chi connectivity index (χ4n) is 1.94. The standard InChI is InChI=1S/C15H10Cl2O4/c1-21-15(20)10-7-8(5-6-11(10)16)9-3-2-4-12(17)13(9)14(18)19/h2-7H,1H3,(H,18,19). The quantitative estimate of drug-likeness (QED) is 0.861. The number of rotatable bonds is 3. The Kier molecular flexibility index (Phi) is 4.50. The molecule has 0 radical (unpaired) electrons. The highest BCUT2D eigenvalue weighted by atomic mass is 35.5. The molecule has 0 saturated carbocycles.